The van der Waals surface area contributed by atoms with E-state index < -0.39 is 0 Å². The molecule has 0 aromatic rings. The van der Waals surface area contributed by atoms with Crippen LogP contribution in [0.25, 0.3) is 0 Å². The van der Waals surface area contributed by atoms with Gasteiger partial charge in [0.1, 0.15) is 5.60 Å². The summed E-state index contributed by atoms with van der Waals surface area (Å²) >= 11 is 0. The minimum Gasteiger partial charge on any atom is -0.458 e. The Morgan fingerprint density at radius 3 is 2.00 bits per heavy atom. The lowest BCUT2D eigenvalue weighted by Gasteiger charge is -2.60. The topological polar surface area (TPSA) is 26.3 Å². The largest absolute Gasteiger partial charge is 0.458 e. The Balaban J connectivity index is 1.86. The first-order chi connectivity index (χ1) is 8.18. The van der Waals surface area contributed by atoms with Crippen molar-refractivity contribution in [2.45, 2.75) is 64.4 Å². The predicted molar refractivity (Wildman–Crippen MR) is 66.5 cm³/mol. The fourth-order valence-electron chi connectivity index (χ4n) is 5.08. The van der Waals surface area contributed by atoms with Gasteiger partial charge in [-0.25, -0.2) is 0 Å². The van der Waals surface area contributed by atoms with Crippen molar-refractivity contribution < 1.29 is 9.53 Å². The maximum atomic E-state index is 11.7. The monoisotopic (exact) mass is 236 g/mol. The molecule has 0 amide bonds. The first kappa shape index (κ1) is 11.6. The summed E-state index contributed by atoms with van der Waals surface area (Å²) in [5.74, 6) is 3.23. The Morgan fingerprint density at radius 2 is 1.59 bits per heavy atom. The highest BCUT2D eigenvalue weighted by Gasteiger charge is 2.58. The van der Waals surface area contributed by atoms with Gasteiger partial charge in [-0.3, -0.25) is 4.79 Å². The molecule has 0 saturated heterocycles. The second-order valence-electron chi connectivity index (χ2n) is 6.44. The molecular formula is C15H24O2. The molecule has 4 rings (SSSR count). The van der Waals surface area contributed by atoms with E-state index in [1.165, 1.54) is 32.1 Å². The van der Waals surface area contributed by atoms with E-state index in [0.29, 0.717) is 18.3 Å². The summed E-state index contributed by atoms with van der Waals surface area (Å²) in [5, 5.41) is 0. The first-order valence-electron chi connectivity index (χ1n) is 7.39. The number of ether oxygens (including phenoxy) is 1. The molecule has 0 heterocycles. The van der Waals surface area contributed by atoms with Gasteiger partial charge in [0.15, 0.2) is 0 Å². The Hall–Kier alpha value is -0.530. The van der Waals surface area contributed by atoms with Crippen LogP contribution in [0.3, 0.4) is 0 Å². The van der Waals surface area contributed by atoms with Crippen molar-refractivity contribution in [1.82, 2.24) is 0 Å². The van der Waals surface area contributed by atoms with Gasteiger partial charge in [-0.1, -0.05) is 13.8 Å². The maximum absolute atomic E-state index is 11.7. The average Bonchev–Trinajstić information content (AvgIpc) is 2.33. The normalized spacial score (nSPS) is 47.2. The molecule has 0 unspecified atom stereocenters. The van der Waals surface area contributed by atoms with Crippen LogP contribution in [-0.2, 0) is 9.53 Å². The third-order valence-corrected chi connectivity index (χ3v) is 5.67. The van der Waals surface area contributed by atoms with Gasteiger partial charge < -0.3 is 4.74 Å². The fraction of sp³-hybridized carbons (Fsp3) is 0.933. The molecule has 0 aromatic heterocycles. The number of carbonyl (C=O) groups is 1. The number of hydrogen-bond acceptors (Lipinski definition) is 2. The molecule has 17 heavy (non-hydrogen) atoms. The molecule has 2 heteroatoms. The Bertz CT molecular complexity index is 293. The SMILES string of the molecule is CCC(=O)OC1(CC)C2CC3CC(C2)CC1C3. The molecular weight excluding hydrogens is 212 g/mol. The van der Waals surface area contributed by atoms with Crippen molar-refractivity contribution in [2.75, 3.05) is 0 Å². The van der Waals surface area contributed by atoms with Crippen molar-refractivity contribution in [3.8, 4) is 0 Å². The molecule has 0 radical (unpaired) electrons. The highest BCUT2D eigenvalue weighted by molar-refractivity contribution is 5.69. The molecule has 0 aromatic carbocycles. The maximum Gasteiger partial charge on any atom is 0.306 e. The van der Waals surface area contributed by atoms with Gasteiger partial charge in [0.2, 0.25) is 0 Å². The number of hydrogen-bond donors (Lipinski definition) is 0. The Labute approximate surface area is 104 Å². The van der Waals surface area contributed by atoms with Crippen LogP contribution in [0, 0.1) is 23.7 Å². The van der Waals surface area contributed by atoms with Gasteiger partial charge in [0, 0.05) is 6.42 Å². The zero-order valence-corrected chi connectivity index (χ0v) is 11.1. The van der Waals surface area contributed by atoms with Crippen molar-refractivity contribution >= 4 is 5.97 Å². The lowest BCUT2D eigenvalue weighted by molar-refractivity contribution is -0.210. The average molecular weight is 236 g/mol. The van der Waals surface area contributed by atoms with Gasteiger partial charge in [-0.2, -0.15) is 0 Å². The lowest BCUT2D eigenvalue weighted by atomic mass is 9.49. The highest BCUT2D eigenvalue weighted by atomic mass is 16.6. The molecule has 0 spiro atoms. The standard InChI is InChI=1S/C15H24O2/c1-3-14(16)17-15(4-2)12-6-10-5-11(8-12)9-13(15)7-10/h10-13H,3-9H2,1-2H3. The van der Waals surface area contributed by atoms with Gasteiger partial charge in [0.05, 0.1) is 0 Å². The molecule has 2 nitrogen and oxygen atoms in total. The summed E-state index contributed by atoms with van der Waals surface area (Å²) < 4.78 is 5.97. The molecule has 4 bridgehead atoms. The molecule has 4 fully saturated rings. The second kappa shape index (κ2) is 4.00. The van der Waals surface area contributed by atoms with E-state index in [2.05, 4.69) is 6.92 Å². The Kier molecular flexibility index (Phi) is 2.72. The van der Waals surface area contributed by atoms with Gasteiger partial charge in [-0.05, 0) is 62.2 Å². The molecule has 0 atom stereocenters. The summed E-state index contributed by atoms with van der Waals surface area (Å²) in [5.41, 5.74) is -0.0828. The third kappa shape index (κ3) is 1.63. The summed E-state index contributed by atoms with van der Waals surface area (Å²) in [6, 6.07) is 0. The van der Waals surface area contributed by atoms with Crippen molar-refractivity contribution in [2.24, 2.45) is 23.7 Å². The quantitative estimate of drug-likeness (QED) is 0.700. The van der Waals surface area contributed by atoms with Crippen LogP contribution in [0.2, 0.25) is 0 Å². The van der Waals surface area contributed by atoms with Crippen LogP contribution in [0.1, 0.15) is 58.8 Å². The van der Waals surface area contributed by atoms with Crippen LogP contribution in [0.4, 0.5) is 0 Å². The zero-order chi connectivity index (χ0) is 12.0. The van der Waals surface area contributed by atoms with E-state index in [9.17, 15) is 4.79 Å². The molecule has 0 N–H and O–H groups in total. The van der Waals surface area contributed by atoms with Crippen LogP contribution in [-0.4, -0.2) is 11.6 Å². The summed E-state index contributed by atoms with van der Waals surface area (Å²) in [7, 11) is 0. The number of esters is 1. The van der Waals surface area contributed by atoms with Gasteiger partial charge in [0.25, 0.3) is 0 Å². The Morgan fingerprint density at radius 1 is 1.06 bits per heavy atom. The van der Waals surface area contributed by atoms with Crippen LogP contribution in [0.15, 0.2) is 0 Å². The van der Waals surface area contributed by atoms with Gasteiger partial charge >= 0.3 is 5.97 Å². The van der Waals surface area contributed by atoms with Crippen LogP contribution < -0.4 is 0 Å². The fourth-order valence-corrected chi connectivity index (χ4v) is 5.08. The minimum absolute atomic E-state index is 0.0133. The van der Waals surface area contributed by atoms with E-state index >= 15 is 0 Å². The first-order valence-corrected chi connectivity index (χ1v) is 7.39. The van der Waals surface area contributed by atoms with Crippen LogP contribution >= 0.6 is 0 Å². The number of carbonyl (C=O) groups excluding carboxylic acids is 1. The van der Waals surface area contributed by atoms with E-state index in [1.807, 2.05) is 6.92 Å². The van der Waals surface area contributed by atoms with E-state index in [4.69, 9.17) is 4.74 Å². The predicted octanol–water partition coefficient (Wildman–Crippen LogP) is 3.54. The molecule has 96 valence electrons. The van der Waals surface area contributed by atoms with Crippen molar-refractivity contribution in [3.05, 3.63) is 0 Å². The van der Waals surface area contributed by atoms with Crippen molar-refractivity contribution in [3.63, 3.8) is 0 Å². The summed E-state index contributed by atoms with van der Waals surface area (Å²) in [4.78, 5) is 11.7. The van der Waals surface area contributed by atoms with Crippen LogP contribution in [0.5, 0.6) is 0 Å². The van der Waals surface area contributed by atoms with E-state index in [1.54, 1.807) is 0 Å². The smallest absolute Gasteiger partial charge is 0.306 e. The lowest BCUT2D eigenvalue weighted by Crippen LogP contribution is -2.59. The third-order valence-electron chi connectivity index (χ3n) is 5.67. The second-order valence-corrected chi connectivity index (χ2v) is 6.44. The van der Waals surface area contributed by atoms with E-state index in [-0.39, 0.29) is 11.6 Å². The molecule has 4 aliphatic rings. The molecule has 4 aliphatic carbocycles. The summed E-state index contributed by atoms with van der Waals surface area (Å²) in [6.45, 7) is 4.12. The highest BCUT2D eigenvalue weighted by Crippen LogP contribution is 2.60. The van der Waals surface area contributed by atoms with E-state index in [0.717, 1.165) is 18.3 Å². The van der Waals surface area contributed by atoms with Gasteiger partial charge in [-0.15, -0.1) is 0 Å². The molecule has 0 aliphatic heterocycles. The zero-order valence-electron chi connectivity index (χ0n) is 11.1. The number of rotatable bonds is 3. The molecule has 4 saturated carbocycles. The van der Waals surface area contributed by atoms with Crippen molar-refractivity contribution in [1.29, 1.82) is 0 Å². The summed E-state index contributed by atoms with van der Waals surface area (Å²) in [6.07, 6.45) is 8.27. The minimum atomic E-state index is -0.0828.